The number of hydrogen-bond donors (Lipinski definition) is 4. The molecule has 0 aromatic carbocycles. The third kappa shape index (κ3) is 4.48. The number of aliphatic hydroxyl groups excluding tert-OH is 1. The fraction of sp³-hybridized carbons (Fsp3) is 0.900. The van der Waals surface area contributed by atoms with Crippen LogP contribution in [0.25, 0.3) is 0 Å². The molecule has 0 bridgehead atoms. The van der Waals surface area contributed by atoms with Crippen molar-refractivity contribution in [2.45, 2.75) is 44.2 Å². The Morgan fingerprint density at radius 1 is 1.47 bits per heavy atom. The lowest BCUT2D eigenvalue weighted by Crippen LogP contribution is -2.48. The first-order valence-electron chi connectivity index (χ1n) is 5.41. The van der Waals surface area contributed by atoms with Crippen molar-refractivity contribution >= 4 is 6.03 Å². The van der Waals surface area contributed by atoms with Crippen molar-refractivity contribution in [1.29, 1.82) is 0 Å². The van der Waals surface area contributed by atoms with Crippen molar-refractivity contribution in [2.24, 2.45) is 0 Å². The van der Waals surface area contributed by atoms with Crippen LogP contribution < -0.4 is 10.6 Å². The maximum absolute atomic E-state index is 11.3. The van der Waals surface area contributed by atoms with Crippen LogP contribution in [0.15, 0.2) is 0 Å². The lowest BCUT2D eigenvalue weighted by molar-refractivity contribution is 0.00477. The van der Waals surface area contributed by atoms with Gasteiger partial charge in [-0.3, -0.25) is 0 Å². The normalized spacial score (nSPS) is 21.0. The minimum absolute atomic E-state index is 0.0576. The molecule has 1 rings (SSSR count). The molecule has 0 aromatic rings. The summed E-state index contributed by atoms with van der Waals surface area (Å²) in [7, 11) is 0. The molecule has 2 amide bonds. The molecule has 5 nitrogen and oxygen atoms in total. The van der Waals surface area contributed by atoms with E-state index in [9.17, 15) is 9.90 Å². The van der Waals surface area contributed by atoms with Gasteiger partial charge in [0.25, 0.3) is 0 Å². The standard InChI is InChI=1S/C10H20N2O3/c1-10(15,7-13)6-11-9(14)12-8-4-2-3-5-8/h8,13,15H,2-7H2,1H3,(H2,11,12,14). The van der Waals surface area contributed by atoms with Gasteiger partial charge < -0.3 is 20.8 Å². The highest BCUT2D eigenvalue weighted by Crippen LogP contribution is 2.17. The van der Waals surface area contributed by atoms with Gasteiger partial charge in [0.15, 0.2) is 0 Å². The molecule has 1 fully saturated rings. The monoisotopic (exact) mass is 216 g/mol. The lowest BCUT2D eigenvalue weighted by Gasteiger charge is -2.21. The molecule has 15 heavy (non-hydrogen) atoms. The van der Waals surface area contributed by atoms with Gasteiger partial charge in [0.1, 0.15) is 5.60 Å². The van der Waals surface area contributed by atoms with E-state index < -0.39 is 5.60 Å². The Morgan fingerprint density at radius 2 is 2.07 bits per heavy atom. The smallest absolute Gasteiger partial charge is 0.315 e. The van der Waals surface area contributed by atoms with Crippen molar-refractivity contribution in [3.05, 3.63) is 0 Å². The van der Waals surface area contributed by atoms with Gasteiger partial charge in [-0.1, -0.05) is 12.8 Å². The van der Waals surface area contributed by atoms with Gasteiger partial charge in [-0.2, -0.15) is 0 Å². The summed E-state index contributed by atoms with van der Waals surface area (Å²) in [6.45, 7) is 1.17. The van der Waals surface area contributed by atoms with E-state index in [4.69, 9.17) is 5.11 Å². The van der Waals surface area contributed by atoms with Gasteiger partial charge in [-0.25, -0.2) is 4.79 Å². The summed E-state index contributed by atoms with van der Waals surface area (Å²) >= 11 is 0. The minimum Gasteiger partial charge on any atom is -0.393 e. The summed E-state index contributed by atoms with van der Waals surface area (Å²) in [5.41, 5.74) is -1.24. The Balaban J connectivity index is 2.18. The molecule has 0 radical (unpaired) electrons. The SMILES string of the molecule is CC(O)(CO)CNC(=O)NC1CCCC1. The van der Waals surface area contributed by atoms with Crippen LogP contribution in [0, 0.1) is 0 Å². The van der Waals surface area contributed by atoms with E-state index in [-0.39, 0.29) is 25.2 Å². The highest BCUT2D eigenvalue weighted by Gasteiger charge is 2.21. The topological polar surface area (TPSA) is 81.6 Å². The van der Waals surface area contributed by atoms with Gasteiger partial charge in [-0.05, 0) is 19.8 Å². The Morgan fingerprint density at radius 3 is 2.60 bits per heavy atom. The molecule has 5 heteroatoms. The van der Waals surface area contributed by atoms with E-state index in [1.54, 1.807) is 0 Å². The summed E-state index contributed by atoms with van der Waals surface area (Å²) in [6.07, 6.45) is 4.40. The number of nitrogens with one attached hydrogen (secondary N) is 2. The zero-order valence-corrected chi connectivity index (χ0v) is 9.12. The summed E-state index contributed by atoms with van der Waals surface area (Å²) in [5.74, 6) is 0. The summed E-state index contributed by atoms with van der Waals surface area (Å²) in [6, 6.07) is -0.000277. The predicted molar refractivity (Wildman–Crippen MR) is 56.5 cm³/mol. The summed E-state index contributed by atoms with van der Waals surface area (Å²) in [4.78, 5) is 11.3. The van der Waals surface area contributed by atoms with Crippen LogP contribution in [0.1, 0.15) is 32.6 Å². The van der Waals surface area contributed by atoms with Crippen molar-refractivity contribution in [3.8, 4) is 0 Å². The molecule has 4 N–H and O–H groups in total. The lowest BCUT2D eigenvalue weighted by atomic mass is 10.1. The number of hydrogen-bond acceptors (Lipinski definition) is 3. The molecule has 1 aliphatic carbocycles. The molecule has 1 saturated carbocycles. The van der Waals surface area contributed by atoms with Gasteiger partial charge >= 0.3 is 6.03 Å². The van der Waals surface area contributed by atoms with E-state index in [2.05, 4.69) is 10.6 Å². The number of carbonyl (C=O) groups excluding carboxylic acids is 1. The number of aliphatic hydroxyl groups is 2. The van der Waals surface area contributed by atoms with Crippen molar-refractivity contribution in [2.75, 3.05) is 13.2 Å². The molecule has 0 aliphatic heterocycles. The summed E-state index contributed by atoms with van der Waals surface area (Å²) < 4.78 is 0. The number of urea groups is 1. The predicted octanol–water partition coefficient (Wildman–Crippen LogP) is -0.0285. The summed E-state index contributed by atoms with van der Waals surface area (Å²) in [5, 5.41) is 23.6. The third-order valence-electron chi connectivity index (χ3n) is 2.66. The van der Waals surface area contributed by atoms with E-state index in [1.807, 2.05) is 0 Å². The van der Waals surface area contributed by atoms with E-state index >= 15 is 0 Å². The van der Waals surface area contributed by atoms with Gasteiger partial charge in [0.05, 0.1) is 13.2 Å². The minimum atomic E-state index is -1.24. The van der Waals surface area contributed by atoms with E-state index in [0.717, 1.165) is 12.8 Å². The van der Waals surface area contributed by atoms with Gasteiger partial charge in [0.2, 0.25) is 0 Å². The molecule has 0 aromatic heterocycles. The second-order valence-electron chi connectivity index (χ2n) is 4.46. The van der Waals surface area contributed by atoms with Crippen LogP contribution in [0.3, 0.4) is 0 Å². The van der Waals surface area contributed by atoms with Crippen LogP contribution >= 0.6 is 0 Å². The van der Waals surface area contributed by atoms with Crippen LogP contribution in [0.5, 0.6) is 0 Å². The molecule has 0 saturated heterocycles. The quantitative estimate of drug-likeness (QED) is 0.533. The molecule has 1 aliphatic rings. The highest BCUT2D eigenvalue weighted by atomic mass is 16.3. The van der Waals surface area contributed by atoms with Crippen molar-refractivity contribution in [3.63, 3.8) is 0 Å². The van der Waals surface area contributed by atoms with Crippen LogP contribution in [-0.2, 0) is 0 Å². The molecular weight excluding hydrogens is 196 g/mol. The van der Waals surface area contributed by atoms with Crippen molar-refractivity contribution < 1.29 is 15.0 Å². The largest absolute Gasteiger partial charge is 0.393 e. The molecule has 1 atom stereocenters. The second-order valence-corrected chi connectivity index (χ2v) is 4.46. The zero-order chi connectivity index (χ0) is 11.3. The van der Waals surface area contributed by atoms with Crippen molar-refractivity contribution in [1.82, 2.24) is 10.6 Å². The van der Waals surface area contributed by atoms with Crippen LogP contribution in [0.2, 0.25) is 0 Å². The van der Waals surface area contributed by atoms with Crippen LogP contribution in [-0.4, -0.2) is 41.0 Å². The first kappa shape index (κ1) is 12.3. The molecule has 1 unspecified atom stereocenters. The van der Waals surface area contributed by atoms with E-state index in [0.29, 0.717) is 0 Å². The van der Waals surface area contributed by atoms with Crippen LogP contribution in [0.4, 0.5) is 4.79 Å². The number of amides is 2. The Hall–Kier alpha value is -0.810. The molecule has 0 spiro atoms. The zero-order valence-electron chi connectivity index (χ0n) is 9.12. The average Bonchev–Trinajstić information content (AvgIpc) is 2.68. The Bertz CT molecular complexity index is 213. The maximum Gasteiger partial charge on any atom is 0.315 e. The molecular formula is C10H20N2O3. The highest BCUT2D eigenvalue weighted by molar-refractivity contribution is 5.74. The number of carbonyl (C=O) groups is 1. The van der Waals surface area contributed by atoms with Gasteiger partial charge in [0, 0.05) is 6.04 Å². The molecule has 88 valence electrons. The fourth-order valence-corrected chi connectivity index (χ4v) is 1.63. The fourth-order valence-electron chi connectivity index (χ4n) is 1.63. The first-order valence-corrected chi connectivity index (χ1v) is 5.41. The Kier molecular flexibility index (Phi) is 4.35. The average molecular weight is 216 g/mol. The first-order chi connectivity index (χ1) is 7.03. The second kappa shape index (κ2) is 5.32. The maximum atomic E-state index is 11.3. The molecule has 0 heterocycles. The third-order valence-corrected chi connectivity index (χ3v) is 2.66. The number of rotatable bonds is 4. The van der Waals surface area contributed by atoms with E-state index in [1.165, 1.54) is 19.8 Å². The Labute approximate surface area is 89.9 Å². The van der Waals surface area contributed by atoms with Gasteiger partial charge in [-0.15, -0.1) is 0 Å².